The van der Waals surface area contributed by atoms with Crippen LogP contribution in [0, 0.1) is 5.92 Å². The third-order valence-electron chi connectivity index (χ3n) is 2.67. The van der Waals surface area contributed by atoms with Gasteiger partial charge in [-0.3, -0.25) is 0 Å². The zero-order valence-electron chi connectivity index (χ0n) is 8.01. The van der Waals surface area contributed by atoms with Crippen molar-refractivity contribution in [1.82, 2.24) is 0 Å². The molecule has 1 fully saturated rings. The first-order valence-electron chi connectivity index (χ1n) is 5.14. The van der Waals surface area contributed by atoms with Crippen molar-refractivity contribution in [3.63, 3.8) is 0 Å². The van der Waals surface area contributed by atoms with E-state index in [1.165, 1.54) is 40.8 Å². The summed E-state index contributed by atoms with van der Waals surface area (Å²) < 4.78 is 1.23. The van der Waals surface area contributed by atoms with Crippen LogP contribution >= 0.6 is 38.9 Å². The lowest BCUT2D eigenvalue weighted by Crippen LogP contribution is -2.01. The predicted molar refractivity (Wildman–Crippen MR) is 67.3 cm³/mol. The molecule has 78 valence electrons. The first-order valence-corrected chi connectivity index (χ1v) is 7.18. The van der Waals surface area contributed by atoms with Crippen molar-refractivity contribution in [3.05, 3.63) is 20.8 Å². The van der Waals surface area contributed by atoms with E-state index in [-0.39, 0.29) is 0 Å². The van der Waals surface area contributed by atoms with Crippen LogP contribution in [0.15, 0.2) is 15.9 Å². The van der Waals surface area contributed by atoms with Gasteiger partial charge in [-0.05, 0) is 66.1 Å². The first kappa shape index (κ1) is 11.0. The molecular formula is C11H14BrClS. The van der Waals surface area contributed by atoms with E-state index in [2.05, 4.69) is 28.1 Å². The van der Waals surface area contributed by atoms with Gasteiger partial charge < -0.3 is 0 Å². The minimum Gasteiger partial charge on any atom is -0.133 e. The van der Waals surface area contributed by atoms with Crippen molar-refractivity contribution in [2.45, 2.75) is 37.5 Å². The molecule has 1 aromatic rings. The lowest BCUT2D eigenvalue weighted by molar-refractivity contribution is 0.640. The minimum atomic E-state index is 0.443. The van der Waals surface area contributed by atoms with E-state index in [0.29, 0.717) is 5.38 Å². The summed E-state index contributed by atoms with van der Waals surface area (Å²) in [5.41, 5.74) is 0. The van der Waals surface area contributed by atoms with E-state index < -0.39 is 0 Å². The summed E-state index contributed by atoms with van der Waals surface area (Å²) in [7, 11) is 0. The highest BCUT2D eigenvalue weighted by Crippen LogP contribution is 2.38. The molecule has 3 heteroatoms. The number of thiophene rings is 1. The molecule has 0 amide bonds. The molecule has 0 saturated heterocycles. The fraction of sp³-hybridized carbons (Fsp3) is 0.636. The Morgan fingerprint density at radius 2 is 2.29 bits per heavy atom. The summed E-state index contributed by atoms with van der Waals surface area (Å²) in [5.74, 6) is 0.840. The third-order valence-corrected chi connectivity index (χ3v) is 4.92. The average molecular weight is 294 g/mol. The fourth-order valence-electron chi connectivity index (χ4n) is 1.65. The Hall–Kier alpha value is 0.470. The summed E-state index contributed by atoms with van der Waals surface area (Å²) in [5, 5.41) is 0.443. The van der Waals surface area contributed by atoms with Crippen LogP contribution in [0.1, 0.15) is 30.6 Å². The molecule has 0 aliphatic heterocycles. The van der Waals surface area contributed by atoms with E-state index in [0.717, 1.165) is 5.92 Å². The maximum Gasteiger partial charge on any atom is 0.0701 e. The molecule has 0 aromatic carbocycles. The van der Waals surface area contributed by atoms with Gasteiger partial charge in [-0.1, -0.05) is 0 Å². The molecule has 1 aromatic heterocycles. The Balaban J connectivity index is 1.67. The van der Waals surface area contributed by atoms with Gasteiger partial charge in [0, 0.05) is 10.3 Å². The van der Waals surface area contributed by atoms with Crippen LogP contribution in [0.25, 0.3) is 0 Å². The summed E-state index contributed by atoms with van der Waals surface area (Å²) in [6.45, 7) is 0. The largest absolute Gasteiger partial charge is 0.133 e. The lowest BCUT2D eigenvalue weighted by Gasteiger charge is -2.05. The highest BCUT2D eigenvalue weighted by Gasteiger charge is 2.28. The van der Waals surface area contributed by atoms with Gasteiger partial charge >= 0.3 is 0 Å². The topological polar surface area (TPSA) is 0 Å². The minimum absolute atomic E-state index is 0.443. The number of aryl methyl sites for hydroxylation is 1. The zero-order valence-corrected chi connectivity index (χ0v) is 11.2. The van der Waals surface area contributed by atoms with Gasteiger partial charge in [-0.25, -0.2) is 0 Å². The van der Waals surface area contributed by atoms with Gasteiger partial charge in [0.05, 0.1) is 3.79 Å². The van der Waals surface area contributed by atoms with Crippen molar-refractivity contribution in [2.75, 3.05) is 0 Å². The van der Waals surface area contributed by atoms with Gasteiger partial charge in [-0.2, -0.15) is 0 Å². The van der Waals surface area contributed by atoms with Crippen molar-refractivity contribution >= 4 is 38.9 Å². The van der Waals surface area contributed by atoms with Crippen LogP contribution in [-0.2, 0) is 6.42 Å². The highest BCUT2D eigenvalue weighted by molar-refractivity contribution is 9.11. The van der Waals surface area contributed by atoms with Crippen LogP contribution < -0.4 is 0 Å². The molecule has 1 saturated carbocycles. The number of rotatable bonds is 5. The smallest absolute Gasteiger partial charge is 0.0701 e. The van der Waals surface area contributed by atoms with Gasteiger partial charge in [-0.15, -0.1) is 22.9 Å². The molecule has 0 radical (unpaired) electrons. The maximum atomic E-state index is 6.24. The second-order valence-electron chi connectivity index (χ2n) is 3.95. The summed E-state index contributed by atoms with van der Waals surface area (Å²) in [6.07, 6.45) is 6.32. The van der Waals surface area contributed by atoms with E-state index >= 15 is 0 Å². The second kappa shape index (κ2) is 5.00. The molecule has 0 spiro atoms. The number of halogens is 2. The highest BCUT2D eigenvalue weighted by atomic mass is 79.9. The number of hydrogen-bond donors (Lipinski definition) is 0. The fourth-order valence-corrected chi connectivity index (χ4v) is 3.58. The average Bonchev–Trinajstić information content (AvgIpc) is 2.92. The number of alkyl halides is 1. The van der Waals surface area contributed by atoms with E-state index in [9.17, 15) is 0 Å². The molecule has 0 N–H and O–H groups in total. The van der Waals surface area contributed by atoms with Gasteiger partial charge in [0.25, 0.3) is 0 Å². The molecule has 1 aliphatic rings. The molecule has 2 rings (SSSR count). The Morgan fingerprint density at radius 1 is 1.50 bits per heavy atom. The predicted octanol–water partition coefficient (Wildman–Crippen LogP) is 4.85. The van der Waals surface area contributed by atoms with E-state index in [4.69, 9.17) is 11.6 Å². The normalized spacial score (nSPS) is 18.4. The molecular weight excluding hydrogens is 280 g/mol. The molecule has 0 bridgehead atoms. The summed E-state index contributed by atoms with van der Waals surface area (Å²) in [6, 6.07) is 4.33. The molecule has 1 unspecified atom stereocenters. The monoisotopic (exact) mass is 292 g/mol. The second-order valence-corrected chi connectivity index (χ2v) is 7.06. The Labute approximate surface area is 103 Å². The van der Waals surface area contributed by atoms with Crippen molar-refractivity contribution in [2.24, 2.45) is 5.92 Å². The van der Waals surface area contributed by atoms with Crippen LogP contribution in [0.2, 0.25) is 0 Å². The van der Waals surface area contributed by atoms with E-state index in [1.807, 2.05) is 11.3 Å². The molecule has 1 atom stereocenters. The first-order chi connectivity index (χ1) is 6.75. The van der Waals surface area contributed by atoms with Gasteiger partial charge in [0.1, 0.15) is 0 Å². The van der Waals surface area contributed by atoms with Crippen molar-refractivity contribution in [3.8, 4) is 0 Å². The lowest BCUT2D eigenvalue weighted by atomic mass is 10.1. The maximum absolute atomic E-state index is 6.24. The quantitative estimate of drug-likeness (QED) is 0.681. The Morgan fingerprint density at radius 3 is 2.86 bits per heavy atom. The van der Waals surface area contributed by atoms with Gasteiger partial charge in [0.2, 0.25) is 0 Å². The standard InChI is InChI=1S/C11H14BrClS/c12-11-7-6-9(14-11)2-1-3-10(13)8-4-5-8/h6-8,10H,1-5H2. The third kappa shape index (κ3) is 3.25. The Bertz CT molecular complexity index is 293. The zero-order chi connectivity index (χ0) is 9.97. The molecule has 1 aliphatic carbocycles. The van der Waals surface area contributed by atoms with E-state index in [1.54, 1.807) is 0 Å². The van der Waals surface area contributed by atoms with Gasteiger partial charge in [0.15, 0.2) is 0 Å². The van der Waals surface area contributed by atoms with Crippen LogP contribution in [0.3, 0.4) is 0 Å². The molecule has 1 heterocycles. The summed E-state index contributed by atoms with van der Waals surface area (Å²) in [4.78, 5) is 1.47. The molecule has 0 nitrogen and oxygen atoms in total. The van der Waals surface area contributed by atoms with Crippen molar-refractivity contribution < 1.29 is 0 Å². The van der Waals surface area contributed by atoms with Crippen LogP contribution in [0.4, 0.5) is 0 Å². The number of hydrogen-bond acceptors (Lipinski definition) is 1. The SMILES string of the molecule is ClC(CCCc1ccc(Br)s1)C1CC1. The summed E-state index contributed by atoms with van der Waals surface area (Å²) >= 11 is 11.6. The Kier molecular flexibility index (Phi) is 3.92. The van der Waals surface area contributed by atoms with Crippen LogP contribution in [0.5, 0.6) is 0 Å². The molecule has 14 heavy (non-hydrogen) atoms. The van der Waals surface area contributed by atoms with Crippen molar-refractivity contribution in [1.29, 1.82) is 0 Å². The van der Waals surface area contributed by atoms with Crippen LogP contribution in [-0.4, -0.2) is 5.38 Å².